The van der Waals surface area contributed by atoms with E-state index >= 15 is 0 Å². The number of anilines is 1. The molecule has 1 aliphatic rings. The van der Waals surface area contributed by atoms with E-state index in [0.29, 0.717) is 5.92 Å². The van der Waals surface area contributed by atoms with Gasteiger partial charge in [0.25, 0.3) is 0 Å². The molecule has 5 aromatic rings. The number of benzene rings is 2. The van der Waals surface area contributed by atoms with Crippen LogP contribution >= 0.6 is 0 Å². The summed E-state index contributed by atoms with van der Waals surface area (Å²) >= 11 is 0. The Labute approximate surface area is 199 Å². The van der Waals surface area contributed by atoms with Gasteiger partial charge in [-0.3, -0.25) is 15.0 Å². The molecule has 0 bridgehead atoms. The van der Waals surface area contributed by atoms with E-state index in [0.717, 1.165) is 27.8 Å². The molecule has 5 nitrogen and oxygen atoms in total. The molecule has 1 unspecified atom stereocenters. The highest BCUT2D eigenvalue weighted by molar-refractivity contribution is 5.97. The lowest BCUT2D eigenvalue weighted by Gasteiger charge is -2.32. The topological polar surface area (TPSA) is 55.6 Å². The molecule has 1 atom stereocenters. The van der Waals surface area contributed by atoms with Crippen LogP contribution in [0.2, 0.25) is 0 Å². The summed E-state index contributed by atoms with van der Waals surface area (Å²) in [5.74, 6) is 0.596. The summed E-state index contributed by atoms with van der Waals surface area (Å²) in [6.07, 6.45) is 16.0. The molecule has 1 fully saturated rings. The lowest BCUT2D eigenvalue weighted by molar-refractivity contribution is 0.320. The van der Waals surface area contributed by atoms with Gasteiger partial charge >= 0.3 is 0 Å². The Kier molecular flexibility index (Phi) is 5.46. The first kappa shape index (κ1) is 20.8. The number of hydrogen-bond acceptors (Lipinski definition) is 4. The second-order valence-electron chi connectivity index (χ2n) is 9.45. The fourth-order valence-corrected chi connectivity index (χ4v) is 5.49. The van der Waals surface area contributed by atoms with Crippen molar-refractivity contribution >= 4 is 27.6 Å². The SMILES string of the molecule is Cn1ccc2ccc(-c3cc(NC(c4cccnc4)C4CCCCC4)cc4nccnc34)cc21. The average molecular weight is 448 g/mol. The highest BCUT2D eigenvalue weighted by atomic mass is 14.9. The minimum absolute atomic E-state index is 0.228. The third-order valence-electron chi connectivity index (χ3n) is 7.26. The number of nitrogens with zero attached hydrogens (tertiary/aromatic N) is 4. The van der Waals surface area contributed by atoms with Crippen molar-refractivity contribution in [3.63, 3.8) is 0 Å². The number of aryl methyl sites for hydroxylation is 1. The van der Waals surface area contributed by atoms with Crippen LogP contribution < -0.4 is 5.32 Å². The van der Waals surface area contributed by atoms with Crippen LogP contribution in [0.25, 0.3) is 33.1 Å². The van der Waals surface area contributed by atoms with Crippen LogP contribution in [0.15, 0.2) is 79.5 Å². The molecule has 1 saturated carbocycles. The van der Waals surface area contributed by atoms with Crippen molar-refractivity contribution in [3.05, 3.63) is 85.1 Å². The predicted molar refractivity (Wildman–Crippen MR) is 139 cm³/mol. The minimum atomic E-state index is 0.228. The Morgan fingerprint density at radius 2 is 1.82 bits per heavy atom. The summed E-state index contributed by atoms with van der Waals surface area (Å²) in [6, 6.07) is 17.6. The lowest BCUT2D eigenvalue weighted by atomic mass is 9.81. The van der Waals surface area contributed by atoms with Gasteiger partial charge in [0.15, 0.2) is 0 Å². The van der Waals surface area contributed by atoms with Crippen molar-refractivity contribution in [1.82, 2.24) is 19.5 Å². The Balaban J connectivity index is 1.45. The molecule has 5 heteroatoms. The highest BCUT2D eigenvalue weighted by Crippen LogP contribution is 2.38. The molecule has 3 aromatic heterocycles. The van der Waals surface area contributed by atoms with Crippen molar-refractivity contribution in [2.75, 3.05) is 5.32 Å². The third-order valence-corrected chi connectivity index (χ3v) is 7.26. The molecule has 1 aliphatic carbocycles. The van der Waals surface area contributed by atoms with Crippen LogP contribution in [0.3, 0.4) is 0 Å². The molecule has 170 valence electrons. The minimum Gasteiger partial charge on any atom is -0.378 e. The second kappa shape index (κ2) is 8.90. The summed E-state index contributed by atoms with van der Waals surface area (Å²) in [5, 5.41) is 5.14. The van der Waals surface area contributed by atoms with Crippen molar-refractivity contribution in [1.29, 1.82) is 0 Å². The van der Waals surface area contributed by atoms with Gasteiger partial charge in [-0.15, -0.1) is 0 Å². The van der Waals surface area contributed by atoms with E-state index in [1.54, 1.807) is 12.4 Å². The molecule has 0 saturated heterocycles. The predicted octanol–water partition coefficient (Wildman–Crippen LogP) is 6.92. The summed E-state index contributed by atoms with van der Waals surface area (Å²) in [4.78, 5) is 13.8. The Morgan fingerprint density at radius 3 is 2.68 bits per heavy atom. The molecule has 0 spiro atoms. The maximum absolute atomic E-state index is 4.71. The van der Waals surface area contributed by atoms with E-state index in [2.05, 4.69) is 75.6 Å². The van der Waals surface area contributed by atoms with Crippen molar-refractivity contribution < 1.29 is 0 Å². The molecular formula is C29H29N5. The molecule has 0 amide bonds. The average Bonchev–Trinajstić information content (AvgIpc) is 3.27. The van der Waals surface area contributed by atoms with Crippen LogP contribution in [0.1, 0.15) is 43.7 Å². The van der Waals surface area contributed by atoms with Crippen molar-refractivity contribution in [3.8, 4) is 11.1 Å². The van der Waals surface area contributed by atoms with Gasteiger partial charge in [0.05, 0.1) is 17.1 Å². The van der Waals surface area contributed by atoms with E-state index in [9.17, 15) is 0 Å². The van der Waals surface area contributed by atoms with Gasteiger partial charge in [-0.25, -0.2) is 0 Å². The highest BCUT2D eigenvalue weighted by Gasteiger charge is 2.25. The van der Waals surface area contributed by atoms with E-state index in [4.69, 9.17) is 4.98 Å². The molecule has 1 N–H and O–H groups in total. The molecule has 6 rings (SSSR count). The normalized spacial score (nSPS) is 15.6. The monoisotopic (exact) mass is 447 g/mol. The zero-order valence-electron chi connectivity index (χ0n) is 19.5. The van der Waals surface area contributed by atoms with Gasteiger partial charge in [0.1, 0.15) is 0 Å². The zero-order chi connectivity index (χ0) is 22.9. The number of rotatable bonds is 5. The fourth-order valence-electron chi connectivity index (χ4n) is 5.49. The van der Waals surface area contributed by atoms with Crippen molar-refractivity contribution in [2.24, 2.45) is 13.0 Å². The first-order chi connectivity index (χ1) is 16.8. The maximum atomic E-state index is 4.71. The summed E-state index contributed by atoms with van der Waals surface area (Å²) in [6.45, 7) is 0. The van der Waals surface area contributed by atoms with Crippen LogP contribution in [0, 0.1) is 5.92 Å². The Hall–Kier alpha value is -3.73. The largest absolute Gasteiger partial charge is 0.378 e. The molecule has 2 aromatic carbocycles. The van der Waals surface area contributed by atoms with Crippen LogP contribution in [-0.2, 0) is 7.05 Å². The summed E-state index contributed by atoms with van der Waals surface area (Å²) in [7, 11) is 2.09. The van der Waals surface area contributed by atoms with Crippen molar-refractivity contribution in [2.45, 2.75) is 38.1 Å². The van der Waals surface area contributed by atoms with Gasteiger partial charge in [-0.1, -0.05) is 37.5 Å². The lowest BCUT2D eigenvalue weighted by Crippen LogP contribution is -2.23. The van der Waals surface area contributed by atoms with E-state index in [-0.39, 0.29) is 6.04 Å². The van der Waals surface area contributed by atoms with Crippen LogP contribution in [-0.4, -0.2) is 19.5 Å². The van der Waals surface area contributed by atoms with E-state index < -0.39 is 0 Å². The van der Waals surface area contributed by atoms with Crippen LogP contribution in [0.4, 0.5) is 5.69 Å². The molecule has 34 heavy (non-hydrogen) atoms. The van der Waals surface area contributed by atoms with Gasteiger partial charge in [-0.2, -0.15) is 0 Å². The Bertz CT molecular complexity index is 1430. The van der Waals surface area contributed by atoms with Gasteiger partial charge in [0, 0.05) is 54.8 Å². The number of fused-ring (bicyclic) bond motifs is 2. The number of nitrogens with one attached hydrogen (secondary N) is 1. The molecule has 3 heterocycles. The number of hydrogen-bond donors (Lipinski definition) is 1. The third kappa shape index (κ3) is 3.92. The maximum Gasteiger partial charge on any atom is 0.0966 e. The number of pyridine rings is 1. The Morgan fingerprint density at radius 1 is 0.941 bits per heavy atom. The standard InChI is InChI=1S/C29H29N5/c1-34-15-11-20-9-10-22(16-27(20)34)25-17-24(18-26-29(25)32-14-13-31-26)33-28(21-6-3-2-4-7-21)23-8-5-12-30-19-23/h5,8-19,21,28,33H,2-4,6-7H2,1H3. The molecule has 0 aliphatic heterocycles. The van der Waals surface area contributed by atoms with Crippen LogP contribution in [0.5, 0.6) is 0 Å². The van der Waals surface area contributed by atoms with Gasteiger partial charge in [-0.05, 0) is 65.6 Å². The fraction of sp³-hybridized carbons (Fsp3) is 0.276. The smallest absolute Gasteiger partial charge is 0.0966 e. The first-order valence-corrected chi connectivity index (χ1v) is 12.2. The summed E-state index contributed by atoms with van der Waals surface area (Å²) in [5.41, 5.74) is 7.63. The van der Waals surface area contributed by atoms with Gasteiger partial charge < -0.3 is 9.88 Å². The summed E-state index contributed by atoms with van der Waals surface area (Å²) < 4.78 is 2.16. The van der Waals surface area contributed by atoms with Gasteiger partial charge in [0.2, 0.25) is 0 Å². The quantitative estimate of drug-likeness (QED) is 0.318. The first-order valence-electron chi connectivity index (χ1n) is 12.2. The van der Waals surface area contributed by atoms with E-state index in [1.807, 2.05) is 18.5 Å². The number of aromatic nitrogens is 4. The van der Waals surface area contributed by atoms with E-state index in [1.165, 1.54) is 48.6 Å². The second-order valence-corrected chi connectivity index (χ2v) is 9.45. The molecule has 0 radical (unpaired) electrons. The zero-order valence-corrected chi connectivity index (χ0v) is 19.5. The molecular weight excluding hydrogens is 418 g/mol.